The predicted octanol–water partition coefficient (Wildman–Crippen LogP) is 3.66. The first-order valence-corrected chi connectivity index (χ1v) is 8.82. The fourth-order valence-electron chi connectivity index (χ4n) is 2.85. The lowest BCUT2D eigenvalue weighted by Crippen LogP contribution is -2.45. The number of hydrogen-bond donors (Lipinski definition) is 0. The molecule has 0 aliphatic carbocycles. The minimum atomic E-state index is -1.15. The van der Waals surface area contributed by atoms with Gasteiger partial charge in [0, 0.05) is 12.0 Å². The van der Waals surface area contributed by atoms with Crippen LogP contribution in [0, 0.1) is 11.3 Å². The monoisotopic (exact) mass is 362 g/mol. The van der Waals surface area contributed by atoms with Gasteiger partial charge in [-0.3, -0.25) is 0 Å². The summed E-state index contributed by atoms with van der Waals surface area (Å²) in [7, 11) is 0. The summed E-state index contributed by atoms with van der Waals surface area (Å²) in [5, 5.41) is 8.97. The number of esters is 1. The normalized spacial score (nSPS) is 19.0. The molecule has 0 saturated carbocycles. The Morgan fingerprint density at radius 1 is 1.19 bits per heavy atom. The second-order valence-corrected chi connectivity index (χ2v) is 7.59. The standard InChI is InChI=1S/C22H22N2O3/c1-21(2,3)27-20(25)22(13-16-9-11-17(14-23)12-10-16)15-26-19(24-22)18-7-5-4-6-8-18/h4-12H,13,15H2,1-3H3/t22-/m0/s1. The van der Waals surface area contributed by atoms with E-state index >= 15 is 0 Å². The summed E-state index contributed by atoms with van der Waals surface area (Å²) in [4.78, 5) is 17.7. The molecule has 0 amide bonds. The number of nitrogens with zero attached hydrogens (tertiary/aromatic N) is 2. The van der Waals surface area contributed by atoms with E-state index < -0.39 is 17.1 Å². The first-order chi connectivity index (χ1) is 12.8. The second-order valence-electron chi connectivity index (χ2n) is 7.59. The predicted molar refractivity (Wildman–Crippen MR) is 102 cm³/mol. The average molecular weight is 362 g/mol. The highest BCUT2D eigenvalue weighted by Gasteiger charge is 2.47. The van der Waals surface area contributed by atoms with E-state index in [0.29, 0.717) is 17.9 Å². The van der Waals surface area contributed by atoms with Gasteiger partial charge in [-0.1, -0.05) is 30.3 Å². The molecule has 1 atom stereocenters. The van der Waals surface area contributed by atoms with Gasteiger partial charge in [-0.25, -0.2) is 9.79 Å². The third-order valence-electron chi connectivity index (χ3n) is 4.14. The van der Waals surface area contributed by atoms with Crippen LogP contribution in [0.3, 0.4) is 0 Å². The topological polar surface area (TPSA) is 71.7 Å². The van der Waals surface area contributed by atoms with Crippen molar-refractivity contribution in [1.82, 2.24) is 0 Å². The van der Waals surface area contributed by atoms with Crippen molar-refractivity contribution in [3.05, 3.63) is 71.3 Å². The molecule has 5 heteroatoms. The minimum absolute atomic E-state index is 0.117. The molecule has 0 bridgehead atoms. The molecule has 0 spiro atoms. The number of nitriles is 1. The Labute approximate surface area is 159 Å². The Balaban J connectivity index is 1.96. The molecule has 0 N–H and O–H groups in total. The lowest BCUT2D eigenvalue weighted by atomic mass is 9.92. The molecule has 0 aromatic heterocycles. The van der Waals surface area contributed by atoms with E-state index in [9.17, 15) is 4.79 Å². The zero-order valence-corrected chi connectivity index (χ0v) is 15.7. The molecular formula is C22H22N2O3. The molecule has 5 nitrogen and oxygen atoms in total. The summed E-state index contributed by atoms with van der Waals surface area (Å²) in [6, 6.07) is 18.7. The maximum atomic E-state index is 13.0. The van der Waals surface area contributed by atoms with Crippen molar-refractivity contribution >= 4 is 11.9 Å². The number of rotatable bonds is 4. The molecule has 0 radical (unpaired) electrons. The largest absolute Gasteiger partial charge is 0.474 e. The molecule has 0 fully saturated rings. The van der Waals surface area contributed by atoms with E-state index in [0.717, 1.165) is 11.1 Å². The van der Waals surface area contributed by atoms with Gasteiger partial charge in [0.15, 0.2) is 5.54 Å². The van der Waals surface area contributed by atoms with Crippen LogP contribution in [0.25, 0.3) is 0 Å². The van der Waals surface area contributed by atoms with Gasteiger partial charge >= 0.3 is 5.97 Å². The summed E-state index contributed by atoms with van der Waals surface area (Å²) >= 11 is 0. The van der Waals surface area contributed by atoms with Crippen LogP contribution in [0.5, 0.6) is 0 Å². The Morgan fingerprint density at radius 2 is 1.85 bits per heavy atom. The first-order valence-electron chi connectivity index (χ1n) is 8.82. The molecule has 1 aliphatic heterocycles. The summed E-state index contributed by atoms with van der Waals surface area (Å²) in [6.07, 6.45) is 0.337. The lowest BCUT2D eigenvalue weighted by Gasteiger charge is -2.28. The maximum Gasteiger partial charge on any atom is 0.338 e. The van der Waals surface area contributed by atoms with Crippen LogP contribution in [0.1, 0.15) is 37.5 Å². The minimum Gasteiger partial charge on any atom is -0.474 e. The number of benzene rings is 2. The molecule has 0 unspecified atom stereocenters. The van der Waals surface area contributed by atoms with Gasteiger partial charge in [0.1, 0.15) is 12.2 Å². The van der Waals surface area contributed by atoms with Crippen LogP contribution in [-0.4, -0.2) is 29.6 Å². The van der Waals surface area contributed by atoms with Crippen LogP contribution in [0.2, 0.25) is 0 Å². The molecule has 1 heterocycles. The third-order valence-corrected chi connectivity index (χ3v) is 4.14. The van der Waals surface area contributed by atoms with E-state index in [2.05, 4.69) is 11.1 Å². The fourth-order valence-corrected chi connectivity index (χ4v) is 2.85. The lowest BCUT2D eigenvalue weighted by molar-refractivity contribution is -0.162. The van der Waals surface area contributed by atoms with Crippen molar-refractivity contribution in [3.63, 3.8) is 0 Å². The SMILES string of the molecule is CC(C)(C)OC(=O)[C@]1(Cc2ccc(C#N)cc2)COC(c2ccccc2)=N1. The second kappa shape index (κ2) is 7.24. The van der Waals surface area contributed by atoms with Crippen molar-refractivity contribution in [2.24, 2.45) is 4.99 Å². The molecule has 138 valence electrons. The molecule has 27 heavy (non-hydrogen) atoms. The van der Waals surface area contributed by atoms with Gasteiger partial charge in [-0.15, -0.1) is 0 Å². The number of aliphatic imine (C=N–C) groups is 1. The third kappa shape index (κ3) is 4.35. The zero-order chi connectivity index (χ0) is 19.5. The van der Waals surface area contributed by atoms with Gasteiger partial charge in [-0.05, 0) is 50.6 Å². The highest BCUT2D eigenvalue weighted by atomic mass is 16.6. The number of hydrogen-bond acceptors (Lipinski definition) is 5. The Kier molecular flexibility index (Phi) is 5.00. The number of carbonyl (C=O) groups excluding carboxylic acids is 1. The smallest absolute Gasteiger partial charge is 0.338 e. The summed E-state index contributed by atoms with van der Waals surface area (Å²) in [6.45, 7) is 5.61. The maximum absolute atomic E-state index is 13.0. The van der Waals surface area contributed by atoms with Gasteiger partial charge in [-0.2, -0.15) is 5.26 Å². The Bertz CT molecular complexity index is 890. The highest BCUT2D eigenvalue weighted by molar-refractivity contribution is 5.99. The van der Waals surface area contributed by atoms with Crippen LogP contribution in [-0.2, 0) is 20.7 Å². The van der Waals surface area contributed by atoms with E-state index in [1.165, 1.54) is 0 Å². The van der Waals surface area contributed by atoms with Crippen LogP contribution in [0.4, 0.5) is 0 Å². The van der Waals surface area contributed by atoms with Crippen molar-refractivity contribution < 1.29 is 14.3 Å². The Morgan fingerprint density at radius 3 is 2.44 bits per heavy atom. The van der Waals surface area contributed by atoms with Crippen molar-refractivity contribution in [2.75, 3.05) is 6.61 Å². The van der Waals surface area contributed by atoms with Crippen LogP contribution < -0.4 is 0 Å². The van der Waals surface area contributed by atoms with Crippen molar-refractivity contribution in [3.8, 4) is 6.07 Å². The van der Waals surface area contributed by atoms with Crippen molar-refractivity contribution in [2.45, 2.75) is 38.3 Å². The average Bonchev–Trinajstić information content (AvgIpc) is 3.07. The highest BCUT2D eigenvalue weighted by Crippen LogP contribution is 2.29. The Hall–Kier alpha value is -3.13. The fraction of sp³-hybridized carbons (Fsp3) is 0.318. The van der Waals surface area contributed by atoms with Gasteiger partial charge in [0.05, 0.1) is 11.6 Å². The zero-order valence-electron chi connectivity index (χ0n) is 15.7. The number of carbonyl (C=O) groups is 1. The molecule has 2 aromatic carbocycles. The van der Waals surface area contributed by atoms with E-state index in [4.69, 9.17) is 14.7 Å². The van der Waals surface area contributed by atoms with E-state index in [1.807, 2.05) is 63.2 Å². The van der Waals surface area contributed by atoms with Gasteiger partial charge < -0.3 is 9.47 Å². The molecule has 1 aliphatic rings. The molecular weight excluding hydrogens is 340 g/mol. The van der Waals surface area contributed by atoms with E-state index in [1.54, 1.807) is 12.1 Å². The van der Waals surface area contributed by atoms with Gasteiger partial charge in [0.2, 0.25) is 5.90 Å². The molecule has 3 rings (SSSR count). The van der Waals surface area contributed by atoms with Gasteiger partial charge in [0.25, 0.3) is 0 Å². The summed E-state index contributed by atoms with van der Waals surface area (Å²) in [5.41, 5.74) is 0.511. The van der Waals surface area contributed by atoms with Crippen LogP contribution in [0.15, 0.2) is 59.6 Å². The summed E-state index contributed by atoms with van der Waals surface area (Å²) in [5.74, 6) is 0.0281. The first kappa shape index (κ1) is 18.7. The summed E-state index contributed by atoms with van der Waals surface area (Å²) < 4.78 is 11.5. The van der Waals surface area contributed by atoms with E-state index in [-0.39, 0.29) is 6.61 Å². The van der Waals surface area contributed by atoms with Crippen molar-refractivity contribution in [1.29, 1.82) is 5.26 Å². The quantitative estimate of drug-likeness (QED) is 0.778. The molecule has 0 saturated heterocycles. The van der Waals surface area contributed by atoms with Crippen LogP contribution >= 0.6 is 0 Å². The molecule has 2 aromatic rings. The number of ether oxygens (including phenoxy) is 2.